The zero-order valence-corrected chi connectivity index (χ0v) is 25.5. The molecule has 0 aliphatic heterocycles. The molecule has 39 heavy (non-hydrogen) atoms. The Balaban J connectivity index is 1.22. The molecule has 1 aromatic carbocycles. The maximum Gasteiger partial charge on any atom is 0.0636 e. The number of hydrogen-bond acceptors (Lipinski definition) is 3. The number of fused-ring (bicyclic) bond motifs is 3. The lowest BCUT2D eigenvalue weighted by Crippen LogP contribution is -2.16. The highest BCUT2D eigenvalue weighted by molar-refractivity contribution is 7.39. The van der Waals surface area contributed by atoms with Gasteiger partial charge in [-0.1, -0.05) is 79.3 Å². The summed E-state index contributed by atoms with van der Waals surface area (Å²) in [5.74, 6) is 1.78. The molecule has 4 aromatic rings. The van der Waals surface area contributed by atoms with Crippen LogP contribution < -0.4 is 0 Å². The third-order valence-corrected chi connectivity index (χ3v) is 12.5. The first-order chi connectivity index (χ1) is 19.0. The molecule has 0 saturated carbocycles. The molecule has 3 unspecified atom stereocenters. The summed E-state index contributed by atoms with van der Waals surface area (Å²) in [7, 11) is 0. The second-order valence-corrected chi connectivity index (χ2v) is 14.7. The van der Waals surface area contributed by atoms with E-state index in [1.807, 2.05) is 34.0 Å². The quantitative estimate of drug-likeness (QED) is 0.232. The number of hydrogen-bond donors (Lipinski definition) is 0. The Labute approximate surface area is 244 Å². The second kappa shape index (κ2) is 10.0. The Hall–Kier alpha value is -2.72. The molecule has 3 heteroatoms. The standard InChI is InChI=1S/C36H34S3/c1-21-15-27(25-11-7-5-8-12-25)16-22(2)33(21)29-19-31-35(38-29)36-32(37-31)20-30(39-36)34-23(3)17-28(18-24(34)4)26-13-9-6-10-14-26/h5-13,15,17,19-20,22,26,28H,14,16,18H2,1-4H3. The summed E-state index contributed by atoms with van der Waals surface area (Å²) in [5, 5.41) is 0. The predicted octanol–water partition coefficient (Wildman–Crippen LogP) is 11.9. The number of allylic oxidation sites excluding steroid dienone is 12. The van der Waals surface area contributed by atoms with E-state index in [0.717, 1.165) is 6.42 Å². The van der Waals surface area contributed by atoms with Crippen LogP contribution in [0.15, 0.2) is 95.6 Å². The molecule has 0 spiro atoms. The fraction of sp³-hybridized carbons (Fsp3) is 0.278. The van der Waals surface area contributed by atoms with Crippen molar-refractivity contribution in [2.45, 2.75) is 47.0 Å². The first-order valence-corrected chi connectivity index (χ1v) is 16.6. The molecular formula is C36H34S3. The van der Waals surface area contributed by atoms with Crippen LogP contribution in [0.5, 0.6) is 0 Å². The lowest BCUT2D eigenvalue weighted by atomic mass is 9.76. The summed E-state index contributed by atoms with van der Waals surface area (Å²) in [6.45, 7) is 9.41. The fourth-order valence-electron chi connectivity index (χ4n) is 6.95. The molecule has 0 nitrogen and oxygen atoms in total. The normalized spacial score (nSPS) is 23.7. The first kappa shape index (κ1) is 25.3. The van der Waals surface area contributed by atoms with Gasteiger partial charge in [-0.3, -0.25) is 0 Å². The van der Waals surface area contributed by atoms with Gasteiger partial charge in [0, 0.05) is 19.2 Å². The largest absolute Gasteiger partial charge is 0.133 e. The lowest BCUT2D eigenvalue weighted by Gasteiger charge is -2.29. The van der Waals surface area contributed by atoms with Gasteiger partial charge in [-0.25, -0.2) is 0 Å². The average molecular weight is 563 g/mol. The van der Waals surface area contributed by atoms with E-state index in [4.69, 9.17) is 0 Å². The Morgan fingerprint density at radius 3 is 2.23 bits per heavy atom. The maximum atomic E-state index is 2.56. The Morgan fingerprint density at radius 1 is 0.795 bits per heavy atom. The van der Waals surface area contributed by atoms with Crippen molar-refractivity contribution >= 4 is 69.5 Å². The van der Waals surface area contributed by atoms with E-state index in [2.05, 4.69) is 107 Å². The van der Waals surface area contributed by atoms with Crippen molar-refractivity contribution < 1.29 is 0 Å². The minimum atomic E-state index is 0.526. The van der Waals surface area contributed by atoms with Gasteiger partial charge in [0.25, 0.3) is 0 Å². The first-order valence-electron chi connectivity index (χ1n) is 14.1. The minimum Gasteiger partial charge on any atom is -0.133 e. The molecule has 3 aliphatic rings. The van der Waals surface area contributed by atoms with E-state index in [0.29, 0.717) is 17.8 Å². The highest BCUT2D eigenvalue weighted by Gasteiger charge is 2.27. The molecule has 3 heterocycles. The molecule has 3 aliphatic carbocycles. The third-order valence-electron chi connectivity index (χ3n) is 8.70. The Kier molecular flexibility index (Phi) is 6.50. The minimum absolute atomic E-state index is 0.526. The summed E-state index contributed by atoms with van der Waals surface area (Å²) in [6.07, 6.45) is 17.6. The zero-order chi connectivity index (χ0) is 26.7. The summed E-state index contributed by atoms with van der Waals surface area (Å²) in [5.41, 5.74) is 10.3. The smallest absolute Gasteiger partial charge is 0.0636 e. The molecule has 3 aromatic heterocycles. The molecule has 0 N–H and O–H groups in total. The summed E-state index contributed by atoms with van der Waals surface area (Å²) < 4.78 is 5.87. The van der Waals surface area contributed by atoms with Crippen LogP contribution in [0.1, 0.15) is 62.3 Å². The average Bonchev–Trinajstić information content (AvgIpc) is 3.60. The van der Waals surface area contributed by atoms with Crippen LogP contribution in [0.25, 0.3) is 35.5 Å². The van der Waals surface area contributed by atoms with E-state index in [9.17, 15) is 0 Å². The van der Waals surface area contributed by atoms with E-state index < -0.39 is 0 Å². The molecule has 0 fully saturated rings. The zero-order valence-electron chi connectivity index (χ0n) is 23.1. The molecular weight excluding hydrogens is 529 g/mol. The van der Waals surface area contributed by atoms with Gasteiger partial charge < -0.3 is 0 Å². The molecule has 3 atom stereocenters. The highest BCUT2D eigenvalue weighted by Crippen LogP contribution is 2.51. The van der Waals surface area contributed by atoms with Crippen molar-refractivity contribution in [3.05, 3.63) is 111 Å². The van der Waals surface area contributed by atoms with E-state index in [1.165, 1.54) is 74.8 Å². The maximum absolute atomic E-state index is 2.56. The van der Waals surface area contributed by atoms with Gasteiger partial charge in [0.15, 0.2) is 0 Å². The SMILES string of the molecule is CC1=CC(C2C=CC=CC2)CC(C)=C1c1cc2sc3cc(C4=C(C)C=C(c5ccccc5)CC4C)sc3c2s1. The van der Waals surface area contributed by atoms with Crippen molar-refractivity contribution in [1.29, 1.82) is 0 Å². The van der Waals surface area contributed by atoms with Crippen LogP contribution >= 0.6 is 34.0 Å². The Morgan fingerprint density at radius 2 is 1.54 bits per heavy atom. The molecule has 0 radical (unpaired) electrons. The number of benzene rings is 1. The van der Waals surface area contributed by atoms with Crippen molar-refractivity contribution in [2.24, 2.45) is 17.8 Å². The number of rotatable bonds is 4. The van der Waals surface area contributed by atoms with Gasteiger partial charge in [-0.05, 0) is 103 Å². The second-order valence-electron chi connectivity index (χ2n) is 11.5. The highest BCUT2D eigenvalue weighted by atomic mass is 32.1. The van der Waals surface area contributed by atoms with Crippen molar-refractivity contribution in [3.8, 4) is 0 Å². The molecule has 7 rings (SSSR count). The van der Waals surface area contributed by atoms with Crippen molar-refractivity contribution in [1.82, 2.24) is 0 Å². The topological polar surface area (TPSA) is 0 Å². The van der Waals surface area contributed by atoms with Gasteiger partial charge in [0.1, 0.15) is 0 Å². The predicted molar refractivity (Wildman–Crippen MR) is 177 cm³/mol. The van der Waals surface area contributed by atoms with Crippen LogP contribution in [0, 0.1) is 17.8 Å². The van der Waals surface area contributed by atoms with Gasteiger partial charge in [-0.15, -0.1) is 34.0 Å². The van der Waals surface area contributed by atoms with Crippen LogP contribution in [0.2, 0.25) is 0 Å². The molecule has 196 valence electrons. The van der Waals surface area contributed by atoms with Crippen LogP contribution in [-0.2, 0) is 0 Å². The summed E-state index contributed by atoms with van der Waals surface area (Å²) in [6, 6.07) is 15.8. The van der Waals surface area contributed by atoms with Crippen LogP contribution in [0.3, 0.4) is 0 Å². The molecule has 0 saturated heterocycles. The van der Waals surface area contributed by atoms with Crippen LogP contribution in [0.4, 0.5) is 0 Å². The van der Waals surface area contributed by atoms with Gasteiger partial charge in [-0.2, -0.15) is 0 Å². The van der Waals surface area contributed by atoms with E-state index in [1.54, 1.807) is 5.57 Å². The fourth-order valence-corrected chi connectivity index (χ4v) is 11.4. The monoisotopic (exact) mass is 562 g/mol. The van der Waals surface area contributed by atoms with Gasteiger partial charge in [0.05, 0.1) is 9.40 Å². The molecule has 0 bridgehead atoms. The Bertz CT molecular complexity index is 1770. The number of thiophene rings is 3. The summed E-state index contributed by atoms with van der Waals surface area (Å²) >= 11 is 6.01. The van der Waals surface area contributed by atoms with Crippen molar-refractivity contribution in [3.63, 3.8) is 0 Å². The summed E-state index contributed by atoms with van der Waals surface area (Å²) in [4.78, 5) is 2.91. The van der Waals surface area contributed by atoms with Crippen LogP contribution in [-0.4, -0.2) is 0 Å². The van der Waals surface area contributed by atoms with Crippen molar-refractivity contribution in [2.75, 3.05) is 0 Å². The van der Waals surface area contributed by atoms with E-state index >= 15 is 0 Å². The lowest BCUT2D eigenvalue weighted by molar-refractivity contribution is 0.467. The van der Waals surface area contributed by atoms with Gasteiger partial charge >= 0.3 is 0 Å². The van der Waals surface area contributed by atoms with Gasteiger partial charge in [0.2, 0.25) is 0 Å². The molecule has 0 amide bonds. The third kappa shape index (κ3) is 4.49. The van der Waals surface area contributed by atoms with E-state index in [-0.39, 0.29) is 0 Å².